The third-order valence-electron chi connectivity index (χ3n) is 3.50. The molecule has 0 bridgehead atoms. The van der Waals surface area contributed by atoms with E-state index in [0.717, 1.165) is 0 Å². The van der Waals surface area contributed by atoms with Gasteiger partial charge in [-0.1, -0.05) is 11.6 Å². The van der Waals surface area contributed by atoms with Gasteiger partial charge in [0.1, 0.15) is 5.75 Å². The molecule has 1 heterocycles. The fourth-order valence-electron chi connectivity index (χ4n) is 2.32. The third kappa shape index (κ3) is 3.91. The first-order valence-electron chi connectivity index (χ1n) is 6.99. The average Bonchev–Trinajstić information content (AvgIpc) is 2.78. The number of carbonyl (C=O) groups is 1. The van der Waals surface area contributed by atoms with Crippen molar-refractivity contribution >= 4 is 27.5 Å². The molecule has 8 heteroatoms. The number of halogens is 1. The van der Waals surface area contributed by atoms with E-state index in [1.54, 1.807) is 18.9 Å². The van der Waals surface area contributed by atoms with Gasteiger partial charge in [0.15, 0.2) is 0 Å². The number of hydrogen-bond acceptors (Lipinski definition) is 4. The van der Waals surface area contributed by atoms with E-state index in [9.17, 15) is 13.2 Å². The summed E-state index contributed by atoms with van der Waals surface area (Å²) in [5.74, 6) is 0.364. The summed E-state index contributed by atoms with van der Waals surface area (Å²) in [6.07, 6.45) is 0.365. The Morgan fingerprint density at radius 1 is 1.45 bits per heavy atom. The van der Waals surface area contributed by atoms with Crippen molar-refractivity contribution in [1.29, 1.82) is 0 Å². The summed E-state index contributed by atoms with van der Waals surface area (Å²) < 4.78 is 32.5. The predicted molar refractivity (Wildman–Crippen MR) is 83.6 cm³/mol. The zero-order chi connectivity index (χ0) is 16.3. The minimum Gasteiger partial charge on any atom is -0.492 e. The smallest absolute Gasteiger partial charge is 0.240 e. The maximum absolute atomic E-state index is 12.3. The van der Waals surface area contributed by atoms with Gasteiger partial charge in [0.05, 0.1) is 16.5 Å². The number of ether oxygens (including phenoxy) is 1. The van der Waals surface area contributed by atoms with Crippen LogP contribution in [0.15, 0.2) is 23.1 Å². The molecule has 0 aromatic heterocycles. The lowest BCUT2D eigenvalue weighted by Crippen LogP contribution is -2.30. The lowest BCUT2D eigenvalue weighted by Gasteiger charge is -2.13. The maximum Gasteiger partial charge on any atom is 0.240 e. The van der Waals surface area contributed by atoms with Crippen LogP contribution in [0.25, 0.3) is 0 Å². The first kappa shape index (κ1) is 17.1. The Bertz CT molecular complexity index is 663. The Morgan fingerprint density at radius 3 is 2.77 bits per heavy atom. The van der Waals surface area contributed by atoms with Crippen molar-refractivity contribution in [3.05, 3.63) is 23.2 Å². The highest BCUT2D eigenvalue weighted by atomic mass is 35.5. The third-order valence-corrected chi connectivity index (χ3v) is 5.23. The van der Waals surface area contributed by atoms with Crippen LogP contribution in [0.5, 0.6) is 5.75 Å². The Morgan fingerprint density at radius 2 is 2.18 bits per heavy atom. The second-order valence-electron chi connectivity index (χ2n) is 5.22. The van der Waals surface area contributed by atoms with Crippen LogP contribution in [0.1, 0.15) is 13.3 Å². The largest absolute Gasteiger partial charge is 0.492 e. The molecular formula is C14H19ClN2O4S. The van der Waals surface area contributed by atoms with Crippen molar-refractivity contribution in [3.8, 4) is 5.75 Å². The Hall–Kier alpha value is -1.31. The number of carbonyl (C=O) groups excluding carboxylic acids is 1. The standard InChI is InChI=1S/C14H19ClN2O4S/c1-3-21-13-7-11(4-5-12(13)15)22(19,20)16-8-10-6-14(18)17(2)9-10/h4-5,7,10,16H,3,6,8-9H2,1-2H3. The number of benzene rings is 1. The highest BCUT2D eigenvalue weighted by Gasteiger charge is 2.28. The van der Waals surface area contributed by atoms with Gasteiger partial charge in [-0.3, -0.25) is 4.79 Å². The molecule has 1 unspecified atom stereocenters. The SMILES string of the molecule is CCOc1cc(S(=O)(=O)NCC2CC(=O)N(C)C2)ccc1Cl. The summed E-state index contributed by atoms with van der Waals surface area (Å²) in [4.78, 5) is 13.2. The Kier molecular flexibility index (Phi) is 5.31. The van der Waals surface area contributed by atoms with Crippen LogP contribution in [0.2, 0.25) is 5.02 Å². The zero-order valence-electron chi connectivity index (χ0n) is 12.5. The van der Waals surface area contributed by atoms with E-state index < -0.39 is 10.0 Å². The molecule has 1 amide bonds. The first-order chi connectivity index (χ1) is 10.3. The highest BCUT2D eigenvalue weighted by molar-refractivity contribution is 7.89. The summed E-state index contributed by atoms with van der Waals surface area (Å²) in [6.45, 7) is 2.98. The van der Waals surface area contributed by atoms with E-state index in [-0.39, 0.29) is 23.3 Å². The van der Waals surface area contributed by atoms with Crippen molar-refractivity contribution in [2.75, 3.05) is 26.7 Å². The van der Waals surface area contributed by atoms with E-state index in [1.165, 1.54) is 18.2 Å². The summed E-state index contributed by atoms with van der Waals surface area (Å²) >= 11 is 5.95. The molecule has 1 aliphatic heterocycles. The second kappa shape index (κ2) is 6.85. The normalized spacial score (nSPS) is 18.8. The van der Waals surface area contributed by atoms with Crippen molar-refractivity contribution in [1.82, 2.24) is 9.62 Å². The van der Waals surface area contributed by atoms with Crippen LogP contribution < -0.4 is 9.46 Å². The van der Waals surface area contributed by atoms with Gasteiger partial charge in [-0.2, -0.15) is 0 Å². The fraction of sp³-hybridized carbons (Fsp3) is 0.500. The zero-order valence-corrected chi connectivity index (χ0v) is 14.1. The molecule has 1 aromatic carbocycles. The number of nitrogens with one attached hydrogen (secondary N) is 1. The molecule has 1 atom stereocenters. The van der Waals surface area contributed by atoms with Crippen LogP contribution >= 0.6 is 11.6 Å². The van der Waals surface area contributed by atoms with E-state index in [1.807, 2.05) is 0 Å². The Balaban J connectivity index is 2.07. The number of rotatable bonds is 6. The van der Waals surface area contributed by atoms with Crippen molar-refractivity contribution < 1.29 is 17.9 Å². The summed E-state index contributed by atoms with van der Waals surface area (Å²) in [5.41, 5.74) is 0. The van der Waals surface area contributed by atoms with Crippen molar-refractivity contribution in [2.45, 2.75) is 18.2 Å². The molecule has 122 valence electrons. The number of amides is 1. The van der Waals surface area contributed by atoms with Crippen LogP contribution in [-0.4, -0.2) is 46.0 Å². The molecular weight excluding hydrogens is 328 g/mol. The number of likely N-dealkylation sites (tertiary alicyclic amines) is 1. The topological polar surface area (TPSA) is 75.7 Å². The molecule has 0 radical (unpaired) electrons. The van der Waals surface area contributed by atoms with Crippen molar-refractivity contribution in [2.24, 2.45) is 5.92 Å². The van der Waals surface area contributed by atoms with Gasteiger partial charge in [-0.25, -0.2) is 13.1 Å². The van der Waals surface area contributed by atoms with Gasteiger partial charge in [-0.15, -0.1) is 0 Å². The number of sulfonamides is 1. The lowest BCUT2D eigenvalue weighted by atomic mass is 10.1. The highest BCUT2D eigenvalue weighted by Crippen LogP contribution is 2.27. The van der Waals surface area contributed by atoms with Gasteiger partial charge in [0.2, 0.25) is 15.9 Å². The molecule has 1 saturated heterocycles. The maximum atomic E-state index is 12.3. The van der Waals surface area contributed by atoms with Gasteiger partial charge >= 0.3 is 0 Å². The lowest BCUT2D eigenvalue weighted by molar-refractivity contribution is -0.126. The van der Waals surface area contributed by atoms with Crippen LogP contribution in [0.3, 0.4) is 0 Å². The molecule has 0 saturated carbocycles. The van der Waals surface area contributed by atoms with Crippen LogP contribution in [0.4, 0.5) is 0 Å². The molecule has 0 spiro atoms. The Labute approximate surface area is 135 Å². The molecule has 6 nitrogen and oxygen atoms in total. The quantitative estimate of drug-likeness (QED) is 0.846. The molecule has 0 aliphatic carbocycles. The molecule has 1 N–H and O–H groups in total. The van der Waals surface area contributed by atoms with Gasteiger partial charge in [-0.05, 0) is 25.0 Å². The van der Waals surface area contributed by atoms with Gasteiger partial charge in [0, 0.05) is 32.6 Å². The predicted octanol–water partition coefficient (Wildman–Crippen LogP) is 1.50. The molecule has 1 aliphatic rings. The number of hydrogen-bond donors (Lipinski definition) is 1. The van der Waals surface area contributed by atoms with E-state index in [0.29, 0.717) is 30.3 Å². The monoisotopic (exact) mass is 346 g/mol. The minimum atomic E-state index is -3.66. The average molecular weight is 347 g/mol. The number of nitrogens with zero attached hydrogens (tertiary/aromatic N) is 1. The van der Waals surface area contributed by atoms with E-state index >= 15 is 0 Å². The summed E-state index contributed by atoms with van der Waals surface area (Å²) in [7, 11) is -1.95. The second-order valence-corrected chi connectivity index (χ2v) is 7.40. The van der Waals surface area contributed by atoms with Gasteiger partial charge in [0.25, 0.3) is 0 Å². The van der Waals surface area contributed by atoms with E-state index in [4.69, 9.17) is 16.3 Å². The molecule has 1 fully saturated rings. The fourth-order valence-corrected chi connectivity index (χ4v) is 3.62. The summed E-state index contributed by atoms with van der Waals surface area (Å²) in [6, 6.07) is 4.33. The molecule has 22 heavy (non-hydrogen) atoms. The molecule has 2 rings (SSSR count). The van der Waals surface area contributed by atoms with Crippen LogP contribution in [0, 0.1) is 5.92 Å². The first-order valence-corrected chi connectivity index (χ1v) is 8.85. The summed E-state index contributed by atoms with van der Waals surface area (Å²) in [5, 5.41) is 0.365. The van der Waals surface area contributed by atoms with E-state index in [2.05, 4.69) is 4.72 Å². The molecule has 1 aromatic rings. The van der Waals surface area contributed by atoms with Crippen LogP contribution in [-0.2, 0) is 14.8 Å². The minimum absolute atomic E-state index is 0.00839. The van der Waals surface area contributed by atoms with Crippen molar-refractivity contribution in [3.63, 3.8) is 0 Å². The van der Waals surface area contributed by atoms with Gasteiger partial charge < -0.3 is 9.64 Å².